The Kier molecular flexibility index (Phi) is 4.47. The van der Waals surface area contributed by atoms with E-state index in [1.807, 2.05) is 12.1 Å². The summed E-state index contributed by atoms with van der Waals surface area (Å²) < 4.78 is 27.0. The number of pyridine rings is 1. The van der Waals surface area contributed by atoms with Gasteiger partial charge in [-0.2, -0.15) is 0 Å². The lowest BCUT2D eigenvalue weighted by Crippen LogP contribution is -2.14. The fourth-order valence-corrected chi connectivity index (χ4v) is 2.94. The molecular weight excluding hydrogens is 286 g/mol. The molecule has 0 atom stereocenters. The highest BCUT2D eigenvalue weighted by molar-refractivity contribution is 7.92. The number of hydrogen-bond donors (Lipinski definition) is 2. The predicted octanol–water partition coefficient (Wildman–Crippen LogP) is 2.73. The summed E-state index contributed by atoms with van der Waals surface area (Å²) in [6, 6.07) is 8.49. The lowest BCUT2D eigenvalue weighted by Gasteiger charge is -2.09. The Hall–Kier alpha value is -2.08. The maximum absolute atomic E-state index is 12.3. The van der Waals surface area contributed by atoms with Crippen LogP contribution in [0, 0.1) is 6.92 Å². The van der Waals surface area contributed by atoms with E-state index in [4.69, 9.17) is 5.73 Å². The van der Waals surface area contributed by atoms with Gasteiger partial charge in [0.25, 0.3) is 10.0 Å². The molecule has 1 aromatic carbocycles. The molecule has 0 aliphatic rings. The second-order valence-electron chi connectivity index (χ2n) is 4.93. The van der Waals surface area contributed by atoms with Crippen LogP contribution in [-0.4, -0.2) is 13.4 Å². The average Bonchev–Trinajstić information content (AvgIpc) is 2.44. The van der Waals surface area contributed by atoms with Crippen molar-refractivity contribution in [2.45, 2.75) is 31.6 Å². The number of anilines is 2. The number of nitrogen functional groups attached to an aromatic ring is 1. The van der Waals surface area contributed by atoms with Crippen molar-refractivity contribution in [2.24, 2.45) is 0 Å². The van der Waals surface area contributed by atoms with Gasteiger partial charge in [-0.3, -0.25) is 4.72 Å². The van der Waals surface area contributed by atoms with Gasteiger partial charge < -0.3 is 5.73 Å². The highest BCUT2D eigenvalue weighted by Gasteiger charge is 2.15. The summed E-state index contributed by atoms with van der Waals surface area (Å²) in [4.78, 5) is 4.20. The van der Waals surface area contributed by atoms with E-state index in [2.05, 4.69) is 16.6 Å². The first-order valence-electron chi connectivity index (χ1n) is 6.76. The van der Waals surface area contributed by atoms with Gasteiger partial charge in [0.2, 0.25) is 0 Å². The van der Waals surface area contributed by atoms with Crippen LogP contribution in [0.4, 0.5) is 11.5 Å². The first-order chi connectivity index (χ1) is 9.92. The SMILES string of the molecule is CCCc1ccc(S(=O)(=O)Nc2cc(C)c(N)cn2)cc1. The molecule has 0 saturated heterocycles. The molecule has 0 aliphatic carbocycles. The van der Waals surface area contributed by atoms with Crippen molar-refractivity contribution in [1.29, 1.82) is 0 Å². The van der Waals surface area contributed by atoms with Crippen molar-refractivity contribution >= 4 is 21.5 Å². The summed E-state index contributed by atoms with van der Waals surface area (Å²) >= 11 is 0. The molecule has 112 valence electrons. The van der Waals surface area contributed by atoms with Crippen LogP contribution in [0.5, 0.6) is 0 Å². The molecular formula is C15H19N3O2S. The monoisotopic (exact) mass is 305 g/mol. The van der Waals surface area contributed by atoms with Crippen LogP contribution in [0.3, 0.4) is 0 Å². The van der Waals surface area contributed by atoms with Crippen LogP contribution >= 0.6 is 0 Å². The zero-order valence-corrected chi connectivity index (χ0v) is 12.9. The van der Waals surface area contributed by atoms with Gasteiger partial charge >= 0.3 is 0 Å². The molecule has 3 N–H and O–H groups in total. The Morgan fingerprint density at radius 3 is 2.48 bits per heavy atom. The van der Waals surface area contributed by atoms with Crippen LogP contribution in [0.15, 0.2) is 41.4 Å². The highest BCUT2D eigenvalue weighted by atomic mass is 32.2. The average molecular weight is 305 g/mol. The summed E-state index contributed by atoms with van der Waals surface area (Å²) in [6.07, 6.45) is 3.41. The number of aryl methyl sites for hydroxylation is 2. The molecule has 0 bridgehead atoms. The number of sulfonamides is 1. The molecule has 5 nitrogen and oxygen atoms in total. The van der Waals surface area contributed by atoms with E-state index in [9.17, 15) is 8.42 Å². The molecule has 1 heterocycles. The van der Waals surface area contributed by atoms with Crippen LogP contribution in [-0.2, 0) is 16.4 Å². The van der Waals surface area contributed by atoms with Crippen LogP contribution in [0.1, 0.15) is 24.5 Å². The van der Waals surface area contributed by atoms with E-state index >= 15 is 0 Å². The first kappa shape index (κ1) is 15.3. The van der Waals surface area contributed by atoms with Crippen molar-refractivity contribution in [2.75, 3.05) is 10.5 Å². The van der Waals surface area contributed by atoms with E-state index < -0.39 is 10.0 Å². The van der Waals surface area contributed by atoms with Crippen molar-refractivity contribution in [1.82, 2.24) is 4.98 Å². The highest BCUT2D eigenvalue weighted by Crippen LogP contribution is 2.18. The molecule has 2 aromatic rings. The zero-order valence-electron chi connectivity index (χ0n) is 12.1. The number of hydrogen-bond acceptors (Lipinski definition) is 4. The minimum atomic E-state index is -3.63. The number of benzene rings is 1. The van der Waals surface area contributed by atoms with Gasteiger partial charge in [-0.05, 0) is 42.7 Å². The topological polar surface area (TPSA) is 85.1 Å². The molecule has 0 aliphatic heterocycles. The third-order valence-corrected chi connectivity index (χ3v) is 4.53. The van der Waals surface area contributed by atoms with Gasteiger partial charge in [0, 0.05) is 0 Å². The molecule has 0 radical (unpaired) electrons. The Morgan fingerprint density at radius 1 is 1.24 bits per heavy atom. The smallest absolute Gasteiger partial charge is 0.263 e. The third kappa shape index (κ3) is 3.72. The van der Waals surface area contributed by atoms with Crippen molar-refractivity contribution in [3.63, 3.8) is 0 Å². The normalized spacial score (nSPS) is 11.3. The standard InChI is InChI=1S/C15H19N3O2S/c1-3-4-12-5-7-13(8-6-12)21(19,20)18-15-9-11(2)14(16)10-17-15/h5-10H,3-4,16H2,1-2H3,(H,17,18). The number of aromatic nitrogens is 1. The number of nitrogens with two attached hydrogens (primary N) is 1. The second kappa shape index (κ2) is 6.13. The maximum Gasteiger partial charge on any atom is 0.263 e. The molecule has 0 fully saturated rings. The van der Waals surface area contributed by atoms with E-state index in [0.29, 0.717) is 5.69 Å². The van der Waals surface area contributed by atoms with E-state index in [0.717, 1.165) is 24.0 Å². The van der Waals surface area contributed by atoms with Crippen molar-refractivity contribution in [3.05, 3.63) is 47.7 Å². The van der Waals surface area contributed by atoms with Gasteiger partial charge in [0.1, 0.15) is 5.82 Å². The van der Waals surface area contributed by atoms with Gasteiger partial charge in [-0.1, -0.05) is 25.5 Å². The predicted molar refractivity (Wildman–Crippen MR) is 84.6 cm³/mol. The first-order valence-corrected chi connectivity index (χ1v) is 8.24. The van der Waals surface area contributed by atoms with Crippen LogP contribution in [0.25, 0.3) is 0 Å². The lowest BCUT2D eigenvalue weighted by molar-refractivity contribution is 0.601. The van der Waals surface area contributed by atoms with E-state index in [1.165, 1.54) is 6.20 Å². The fourth-order valence-electron chi connectivity index (χ4n) is 1.94. The number of rotatable bonds is 5. The maximum atomic E-state index is 12.3. The Labute approximate surface area is 125 Å². The van der Waals surface area contributed by atoms with E-state index in [1.54, 1.807) is 25.1 Å². The van der Waals surface area contributed by atoms with Gasteiger partial charge in [-0.15, -0.1) is 0 Å². The third-order valence-electron chi connectivity index (χ3n) is 3.16. The molecule has 2 rings (SSSR count). The molecule has 0 saturated carbocycles. The molecule has 6 heteroatoms. The number of nitrogens with one attached hydrogen (secondary N) is 1. The zero-order chi connectivity index (χ0) is 15.5. The fraction of sp³-hybridized carbons (Fsp3) is 0.267. The summed E-state index contributed by atoms with van der Waals surface area (Å²) in [5.41, 5.74) is 8.10. The minimum absolute atomic E-state index is 0.221. The Morgan fingerprint density at radius 2 is 1.90 bits per heavy atom. The summed E-state index contributed by atoms with van der Waals surface area (Å²) in [6.45, 7) is 3.88. The summed E-state index contributed by atoms with van der Waals surface area (Å²) in [5, 5.41) is 0. The molecule has 1 aromatic heterocycles. The van der Waals surface area contributed by atoms with Crippen LogP contribution < -0.4 is 10.5 Å². The molecule has 0 spiro atoms. The lowest BCUT2D eigenvalue weighted by atomic mass is 10.1. The summed E-state index contributed by atoms with van der Waals surface area (Å²) in [5.74, 6) is 0.263. The molecule has 0 unspecified atom stereocenters. The minimum Gasteiger partial charge on any atom is -0.397 e. The second-order valence-corrected chi connectivity index (χ2v) is 6.61. The van der Waals surface area contributed by atoms with E-state index in [-0.39, 0.29) is 10.7 Å². The van der Waals surface area contributed by atoms with Gasteiger partial charge in [0.05, 0.1) is 16.8 Å². The number of nitrogens with zero attached hydrogens (tertiary/aromatic N) is 1. The van der Waals surface area contributed by atoms with Crippen molar-refractivity contribution in [3.8, 4) is 0 Å². The van der Waals surface area contributed by atoms with Crippen molar-refractivity contribution < 1.29 is 8.42 Å². The molecule has 21 heavy (non-hydrogen) atoms. The molecule has 0 amide bonds. The Bertz CT molecular complexity index is 725. The quantitative estimate of drug-likeness (QED) is 0.889. The van der Waals surface area contributed by atoms with Crippen LogP contribution in [0.2, 0.25) is 0 Å². The van der Waals surface area contributed by atoms with Gasteiger partial charge in [-0.25, -0.2) is 13.4 Å². The Balaban J connectivity index is 2.23. The largest absolute Gasteiger partial charge is 0.397 e. The van der Waals surface area contributed by atoms with Gasteiger partial charge in [0.15, 0.2) is 0 Å². The summed E-state index contributed by atoms with van der Waals surface area (Å²) in [7, 11) is -3.63.